The number of pyridine rings is 1. The van der Waals surface area contributed by atoms with Gasteiger partial charge in [-0.2, -0.15) is 0 Å². The third kappa shape index (κ3) is 6.83. The number of anilines is 3. The lowest BCUT2D eigenvalue weighted by atomic mass is 9.72. The lowest BCUT2D eigenvalue weighted by Gasteiger charge is -2.54. The highest BCUT2D eigenvalue weighted by molar-refractivity contribution is 6.08. The van der Waals surface area contributed by atoms with Crippen LogP contribution in [0, 0.1) is 5.41 Å². The van der Waals surface area contributed by atoms with Crippen molar-refractivity contribution in [2.24, 2.45) is 16.1 Å². The van der Waals surface area contributed by atoms with E-state index in [9.17, 15) is 9.90 Å². The van der Waals surface area contributed by atoms with E-state index in [0.717, 1.165) is 63.4 Å². The summed E-state index contributed by atoms with van der Waals surface area (Å²) in [4.78, 5) is 34.3. The molecule has 4 N–H and O–H groups in total. The van der Waals surface area contributed by atoms with Crippen molar-refractivity contribution in [3.63, 3.8) is 0 Å². The predicted molar refractivity (Wildman–Crippen MR) is 151 cm³/mol. The highest BCUT2D eigenvalue weighted by atomic mass is 16.5. The number of allylic oxidation sites excluding steroid dienone is 1. The lowest BCUT2D eigenvalue weighted by Crippen LogP contribution is -2.61. The zero-order valence-corrected chi connectivity index (χ0v) is 22.9. The lowest BCUT2D eigenvalue weighted by molar-refractivity contribution is -0.131. The van der Waals surface area contributed by atoms with Crippen LogP contribution in [0.5, 0.6) is 5.75 Å². The highest BCUT2D eigenvalue weighted by Crippen LogP contribution is 2.42. The number of hydrogen-bond acceptors (Lipinski definition) is 10. The summed E-state index contributed by atoms with van der Waals surface area (Å²) in [5, 5.41) is 13.3. The van der Waals surface area contributed by atoms with Gasteiger partial charge in [-0.25, -0.2) is 15.0 Å². The van der Waals surface area contributed by atoms with E-state index in [1.807, 2.05) is 23.1 Å². The number of piperidine rings is 1. The molecule has 1 spiro atoms. The number of ether oxygens (including phenoxy) is 1. The molecule has 11 nitrogen and oxygen atoms in total. The third-order valence-corrected chi connectivity index (χ3v) is 7.32. The van der Waals surface area contributed by atoms with Crippen LogP contribution in [0.15, 0.2) is 35.6 Å². The van der Waals surface area contributed by atoms with E-state index >= 15 is 0 Å². The SMILES string of the molecule is CC(=O)N1CCC2(CC1)CN(c1cc(Nc3cc(OC4CC4)ccn3)nc(C(C=NCC(C)(C)O)=CN)n1)C2. The van der Waals surface area contributed by atoms with Crippen LogP contribution < -0.4 is 20.7 Å². The van der Waals surface area contributed by atoms with Gasteiger partial charge in [0.25, 0.3) is 0 Å². The Labute approximate surface area is 229 Å². The molecule has 0 atom stereocenters. The number of carbonyl (C=O) groups excluding carboxylic acids is 1. The summed E-state index contributed by atoms with van der Waals surface area (Å²) in [6.45, 7) is 8.59. The fourth-order valence-corrected chi connectivity index (χ4v) is 4.93. The van der Waals surface area contributed by atoms with Crippen molar-refractivity contribution in [1.82, 2.24) is 19.9 Å². The largest absolute Gasteiger partial charge is 0.490 e. The van der Waals surface area contributed by atoms with E-state index in [4.69, 9.17) is 20.4 Å². The van der Waals surface area contributed by atoms with Crippen LogP contribution in [-0.4, -0.2) is 81.5 Å². The number of nitrogens with zero attached hydrogens (tertiary/aromatic N) is 6. The van der Waals surface area contributed by atoms with Crippen molar-refractivity contribution in [2.45, 2.75) is 58.2 Å². The zero-order valence-electron chi connectivity index (χ0n) is 22.9. The zero-order chi connectivity index (χ0) is 27.6. The predicted octanol–water partition coefficient (Wildman–Crippen LogP) is 2.75. The Morgan fingerprint density at radius 2 is 2.00 bits per heavy atom. The first kappa shape index (κ1) is 26.9. The molecular weight excluding hydrogens is 496 g/mol. The number of aliphatic hydroxyl groups is 1. The quantitative estimate of drug-likeness (QED) is 0.414. The summed E-state index contributed by atoms with van der Waals surface area (Å²) in [7, 11) is 0. The number of aromatic nitrogens is 3. The molecule has 5 rings (SSSR count). The average Bonchev–Trinajstić information content (AvgIpc) is 3.68. The van der Waals surface area contributed by atoms with E-state index in [1.165, 1.54) is 6.20 Å². The summed E-state index contributed by atoms with van der Waals surface area (Å²) in [6.07, 6.45) is 9.16. The van der Waals surface area contributed by atoms with Crippen LogP contribution in [0.4, 0.5) is 17.5 Å². The third-order valence-electron chi connectivity index (χ3n) is 7.32. The summed E-state index contributed by atoms with van der Waals surface area (Å²) >= 11 is 0. The number of nitrogens with one attached hydrogen (secondary N) is 1. The minimum atomic E-state index is -0.936. The molecule has 0 aromatic carbocycles. The second-order valence-electron chi connectivity index (χ2n) is 11.5. The Hall–Kier alpha value is -3.73. The topological polar surface area (TPSA) is 142 Å². The number of likely N-dealkylation sites (tertiary alicyclic amines) is 1. The molecule has 0 radical (unpaired) electrons. The minimum Gasteiger partial charge on any atom is -0.490 e. The number of rotatable bonds is 9. The molecule has 3 aliphatic rings. The first-order valence-electron chi connectivity index (χ1n) is 13.6. The molecule has 2 aliphatic heterocycles. The van der Waals surface area contributed by atoms with Crippen LogP contribution in [0.2, 0.25) is 0 Å². The summed E-state index contributed by atoms with van der Waals surface area (Å²) < 4.78 is 5.92. The monoisotopic (exact) mass is 534 g/mol. The van der Waals surface area contributed by atoms with Crippen molar-refractivity contribution in [1.29, 1.82) is 0 Å². The van der Waals surface area contributed by atoms with Gasteiger partial charge in [-0.3, -0.25) is 9.79 Å². The summed E-state index contributed by atoms with van der Waals surface area (Å²) in [5.41, 5.74) is 5.77. The van der Waals surface area contributed by atoms with Gasteiger partial charge in [0.15, 0.2) is 5.82 Å². The fraction of sp³-hybridized carbons (Fsp3) is 0.536. The molecule has 0 bridgehead atoms. The van der Waals surface area contributed by atoms with Crippen LogP contribution in [0.1, 0.15) is 52.3 Å². The summed E-state index contributed by atoms with van der Waals surface area (Å²) in [6, 6.07) is 5.64. The van der Waals surface area contributed by atoms with E-state index in [0.29, 0.717) is 29.1 Å². The van der Waals surface area contributed by atoms with Gasteiger partial charge < -0.3 is 30.7 Å². The van der Waals surface area contributed by atoms with Crippen LogP contribution in [0.3, 0.4) is 0 Å². The normalized spacial score (nSPS) is 19.3. The molecule has 11 heteroatoms. The van der Waals surface area contributed by atoms with Crippen LogP contribution in [0.25, 0.3) is 5.57 Å². The number of amides is 1. The Morgan fingerprint density at radius 3 is 2.64 bits per heavy atom. The molecule has 0 unspecified atom stereocenters. The van der Waals surface area contributed by atoms with E-state index in [2.05, 4.69) is 20.2 Å². The number of nitrogens with two attached hydrogens (primary N) is 1. The minimum absolute atomic E-state index is 0.143. The molecule has 39 heavy (non-hydrogen) atoms. The van der Waals surface area contributed by atoms with Gasteiger partial charge >= 0.3 is 0 Å². The molecular formula is C28H38N8O3. The molecule has 3 fully saturated rings. The molecule has 2 saturated heterocycles. The van der Waals surface area contributed by atoms with Crippen LogP contribution in [-0.2, 0) is 4.79 Å². The highest BCUT2D eigenvalue weighted by Gasteiger charge is 2.45. The summed E-state index contributed by atoms with van der Waals surface area (Å²) in [5.74, 6) is 3.32. The van der Waals surface area contributed by atoms with E-state index in [-0.39, 0.29) is 17.9 Å². The Morgan fingerprint density at radius 1 is 1.26 bits per heavy atom. The van der Waals surface area contributed by atoms with Gasteiger partial charge in [0.05, 0.1) is 23.8 Å². The maximum atomic E-state index is 11.8. The molecule has 4 heterocycles. The standard InChI is InChI=1S/C28H38N8O3/c1-19(37)35-10-7-28(8-11-35)17-36(18-28)25-13-24(32-23-12-22(6-9-31-23)39-21-4-5-21)33-26(34-25)20(14-29)15-30-16-27(2,3)38/h6,9,12-15,21,38H,4-5,7-8,10-11,16-18,29H2,1-3H3,(H,31,32,33,34). The molecule has 1 saturated carbocycles. The molecule has 1 aliphatic carbocycles. The number of hydrogen-bond donors (Lipinski definition) is 3. The number of aliphatic imine (C=N–C) groups is 1. The Balaban J connectivity index is 1.37. The van der Waals surface area contributed by atoms with Crippen molar-refractivity contribution in [3.05, 3.63) is 36.4 Å². The number of carbonyl (C=O) groups is 1. The van der Waals surface area contributed by atoms with Gasteiger partial charge in [0, 0.05) is 69.3 Å². The molecule has 2 aromatic rings. The molecule has 1 amide bonds. The van der Waals surface area contributed by atoms with E-state index in [1.54, 1.807) is 33.2 Å². The van der Waals surface area contributed by atoms with Crippen LogP contribution >= 0.6 is 0 Å². The average molecular weight is 535 g/mol. The van der Waals surface area contributed by atoms with Crippen molar-refractivity contribution in [3.8, 4) is 5.75 Å². The van der Waals surface area contributed by atoms with Crippen molar-refractivity contribution >= 4 is 35.1 Å². The first-order chi connectivity index (χ1) is 18.6. The smallest absolute Gasteiger partial charge is 0.219 e. The van der Waals surface area contributed by atoms with Gasteiger partial charge in [0.2, 0.25) is 5.91 Å². The van der Waals surface area contributed by atoms with Crippen molar-refractivity contribution < 1.29 is 14.6 Å². The maximum Gasteiger partial charge on any atom is 0.219 e. The van der Waals surface area contributed by atoms with Crippen molar-refractivity contribution in [2.75, 3.05) is 42.9 Å². The maximum absolute atomic E-state index is 11.8. The molecule has 208 valence electrons. The van der Waals surface area contributed by atoms with E-state index < -0.39 is 5.60 Å². The van der Waals surface area contributed by atoms with Gasteiger partial charge in [-0.1, -0.05) is 0 Å². The van der Waals surface area contributed by atoms with Gasteiger partial charge in [-0.05, 0) is 45.6 Å². The fourth-order valence-electron chi connectivity index (χ4n) is 4.93. The van der Waals surface area contributed by atoms with Gasteiger partial charge in [-0.15, -0.1) is 0 Å². The molecule has 2 aromatic heterocycles. The second kappa shape index (κ2) is 10.8. The second-order valence-corrected chi connectivity index (χ2v) is 11.5. The first-order valence-corrected chi connectivity index (χ1v) is 13.6. The Kier molecular flexibility index (Phi) is 7.44. The Bertz CT molecular complexity index is 1250. The van der Waals surface area contributed by atoms with Gasteiger partial charge in [0.1, 0.15) is 23.2 Å².